The number of carbonyl (C=O) groups excluding carboxylic acids is 3. The molecule has 1 aromatic rings. The standard InChI is InChI=1S/C16H19ClN4O3/c17-12-4-2-1-3-11(12)13-9-18-6-8-21(13)15(23)10-20-7-5-14(22)19-16(20)24/h1-4,13,18H,5-10H2,(H,19,22,24). The summed E-state index contributed by atoms with van der Waals surface area (Å²) >= 11 is 6.28. The van der Waals surface area contributed by atoms with Crippen LogP contribution in [0.2, 0.25) is 5.02 Å². The van der Waals surface area contributed by atoms with E-state index in [-0.39, 0.29) is 37.4 Å². The molecule has 8 heteroatoms. The molecule has 2 N–H and O–H groups in total. The molecule has 1 unspecified atom stereocenters. The van der Waals surface area contributed by atoms with Crippen molar-refractivity contribution in [1.29, 1.82) is 0 Å². The first-order chi connectivity index (χ1) is 11.6. The number of nitrogens with one attached hydrogen (secondary N) is 2. The summed E-state index contributed by atoms with van der Waals surface area (Å²) in [6.07, 6.45) is 0.217. The average Bonchev–Trinajstić information content (AvgIpc) is 2.58. The lowest BCUT2D eigenvalue weighted by Gasteiger charge is -2.38. The molecular weight excluding hydrogens is 332 g/mol. The Labute approximate surface area is 144 Å². The third kappa shape index (κ3) is 3.52. The summed E-state index contributed by atoms with van der Waals surface area (Å²) in [5.74, 6) is -0.453. The second kappa shape index (κ2) is 7.19. The monoisotopic (exact) mass is 350 g/mol. The molecule has 128 valence electrons. The van der Waals surface area contributed by atoms with Crippen LogP contribution < -0.4 is 10.6 Å². The van der Waals surface area contributed by atoms with Crippen molar-refractivity contribution >= 4 is 29.4 Å². The molecule has 7 nitrogen and oxygen atoms in total. The molecule has 4 amide bonds. The van der Waals surface area contributed by atoms with Crippen molar-refractivity contribution in [2.45, 2.75) is 12.5 Å². The topological polar surface area (TPSA) is 81.8 Å². The largest absolute Gasteiger partial charge is 0.331 e. The van der Waals surface area contributed by atoms with E-state index >= 15 is 0 Å². The summed E-state index contributed by atoms with van der Waals surface area (Å²) in [7, 11) is 0. The minimum Gasteiger partial charge on any atom is -0.331 e. The van der Waals surface area contributed by atoms with Gasteiger partial charge in [-0.25, -0.2) is 4.79 Å². The highest BCUT2D eigenvalue weighted by atomic mass is 35.5. The van der Waals surface area contributed by atoms with Crippen LogP contribution in [-0.4, -0.2) is 60.4 Å². The zero-order valence-corrected chi connectivity index (χ0v) is 13.9. The molecule has 2 saturated heterocycles. The number of amides is 4. The minimum absolute atomic E-state index is 0.0416. The van der Waals surface area contributed by atoms with Gasteiger partial charge in [-0.1, -0.05) is 29.8 Å². The summed E-state index contributed by atoms with van der Waals surface area (Å²) in [5.41, 5.74) is 0.887. The SMILES string of the molecule is O=C1CCN(CC(=O)N2CCNCC2c2ccccc2Cl)C(=O)N1. The molecular formula is C16H19ClN4O3. The highest BCUT2D eigenvalue weighted by molar-refractivity contribution is 6.31. The summed E-state index contributed by atoms with van der Waals surface area (Å²) in [6.45, 7) is 2.07. The summed E-state index contributed by atoms with van der Waals surface area (Å²) in [6, 6.07) is 6.77. The third-order valence-electron chi connectivity index (χ3n) is 4.30. The Balaban J connectivity index is 1.73. The lowest BCUT2D eigenvalue weighted by molar-refractivity contribution is -0.136. The fourth-order valence-electron chi connectivity index (χ4n) is 3.03. The van der Waals surface area contributed by atoms with Crippen molar-refractivity contribution < 1.29 is 14.4 Å². The predicted octanol–water partition coefficient (Wildman–Crippen LogP) is 0.755. The molecule has 3 rings (SSSR count). The van der Waals surface area contributed by atoms with Gasteiger partial charge in [0.05, 0.1) is 6.04 Å². The number of halogens is 1. The minimum atomic E-state index is -0.510. The van der Waals surface area contributed by atoms with Crippen LogP contribution in [0.1, 0.15) is 18.0 Å². The number of nitrogens with zero attached hydrogens (tertiary/aromatic N) is 2. The molecule has 2 aliphatic rings. The van der Waals surface area contributed by atoms with Crippen LogP contribution in [0, 0.1) is 0 Å². The van der Waals surface area contributed by atoms with Crippen molar-refractivity contribution in [2.24, 2.45) is 0 Å². The fraction of sp³-hybridized carbons (Fsp3) is 0.438. The molecule has 2 aliphatic heterocycles. The number of carbonyl (C=O) groups is 3. The van der Waals surface area contributed by atoms with Crippen molar-refractivity contribution in [2.75, 3.05) is 32.7 Å². The first-order valence-corrected chi connectivity index (χ1v) is 8.27. The van der Waals surface area contributed by atoms with Gasteiger partial charge in [-0.15, -0.1) is 0 Å². The van der Waals surface area contributed by atoms with Crippen LogP contribution in [0.4, 0.5) is 4.79 Å². The first kappa shape index (κ1) is 16.7. The van der Waals surface area contributed by atoms with Crippen LogP contribution in [0.25, 0.3) is 0 Å². The molecule has 0 aromatic heterocycles. The number of urea groups is 1. The second-order valence-corrected chi connectivity index (χ2v) is 6.26. The number of hydrogen-bond donors (Lipinski definition) is 2. The van der Waals surface area contributed by atoms with Gasteiger partial charge in [0.2, 0.25) is 11.8 Å². The predicted molar refractivity (Wildman–Crippen MR) is 88.5 cm³/mol. The van der Waals surface area contributed by atoms with Gasteiger partial charge in [0.1, 0.15) is 6.54 Å². The highest BCUT2D eigenvalue weighted by Crippen LogP contribution is 2.28. The van der Waals surface area contributed by atoms with Crippen LogP contribution in [0.15, 0.2) is 24.3 Å². The average molecular weight is 351 g/mol. The van der Waals surface area contributed by atoms with Gasteiger partial charge in [-0.2, -0.15) is 0 Å². The van der Waals surface area contributed by atoms with E-state index in [1.165, 1.54) is 4.90 Å². The number of rotatable bonds is 3. The Morgan fingerprint density at radius 3 is 2.79 bits per heavy atom. The van der Waals surface area contributed by atoms with Gasteiger partial charge in [0.25, 0.3) is 0 Å². The van der Waals surface area contributed by atoms with E-state index < -0.39 is 6.03 Å². The lowest BCUT2D eigenvalue weighted by atomic mass is 10.0. The van der Waals surface area contributed by atoms with Crippen molar-refractivity contribution in [3.63, 3.8) is 0 Å². The molecule has 0 spiro atoms. The van der Waals surface area contributed by atoms with Gasteiger partial charge in [0, 0.05) is 37.6 Å². The van der Waals surface area contributed by atoms with Crippen LogP contribution >= 0.6 is 11.6 Å². The Hall–Kier alpha value is -2.12. The summed E-state index contributed by atoms with van der Waals surface area (Å²) < 4.78 is 0. The normalized spacial score (nSPS) is 21.6. The van der Waals surface area contributed by atoms with Crippen LogP contribution in [0.3, 0.4) is 0 Å². The van der Waals surface area contributed by atoms with Gasteiger partial charge < -0.3 is 15.1 Å². The van der Waals surface area contributed by atoms with Gasteiger partial charge in [-0.3, -0.25) is 14.9 Å². The molecule has 0 aliphatic carbocycles. The molecule has 1 atom stereocenters. The molecule has 0 bridgehead atoms. The Kier molecular flexibility index (Phi) is 5.01. The van der Waals surface area contributed by atoms with Crippen molar-refractivity contribution in [3.8, 4) is 0 Å². The Morgan fingerprint density at radius 1 is 1.25 bits per heavy atom. The number of imide groups is 1. The summed E-state index contributed by atoms with van der Waals surface area (Å²) in [4.78, 5) is 38.9. The number of piperazine rings is 1. The fourth-order valence-corrected chi connectivity index (χ4v) is 3.29. The maximum absolute atomic E-state index is 12.7. The smallest absolute Gasteiger partial charge is 0.324 e. The zero-order valence-electron chi connectivity index (χ0n) is 13.1. The third-order valence-corrected chi connectivity index (χ3v) is 4.64. The molecule has 24 heavy (non-hydrogen) atoms. The van der Waals surface area contributed by atoms with E-state index in [1.807, 2.05) is 18.2 Å². The quantitative estimate of drug-likeness (QED) is 0.843. The van der Waals surface area contributed by atoms with Gasteiger partial charge in [0.15, 0.2) is 0 Å². The zero-order chi connectivity index (χ0) is 17.1. The van der Waals surface area contributed by atoms with E-state index in [2.05, 4.69) is 10.6 Å². The molecule has 0 saturated carbocycles. The van der Waals surface area contributed by atoms with E-state index in [9.17, 15) is 14.4 Å². The molecule has 2 heterocycles. The lowest BCUT2D eigenvalue weighted by Crippen LogP contribution is -2.55. The van der Waals surface area contributed by atoms with E-state index in [0.29, 0.717) is 24.7 Å². The first-order valence-electron chi connectivity index (χ1n) is 7.89. The number of benzene rings is 1. The number of hydrogen-bond acceptors (Lipinski definition) is 4. The van der Waals surface area contributed by atoms with E-state index in [4.69, 9.17) is 11.6 Å². The van der Waals surface area contributed by atoms with Crippen molar-refractivity contribution in [1.82, 2.24) is 20.4 Å². The van der Waals surface area contributed by atoms with Crippen molar-refractivity contribution in [3.05, 3.63) is 34.9 Å². The van der Waals surface area contributed by atoms with Gasteiger partial charge >= 0.3 is 6.03 Å². The van der Waals surface area contributed by atoms with Crippen LogP contribution in [-0.2, 0) is 9.59 Å². The maximum Gasteiger partial charge on any atom is 0.324 e. The second-order valence-electron chi connectivity index (χ2n) is 5.85. The maximum atomic E-state index is 12.7. The Bertz CT molecular complexity index is 666. The molecule has 1 aromatic carbocycles. The summed E-state index contributed by atoms with van der Waals surface area (Å²) in [5, 5.41) is 6.12. The molecule has 2 fully saturated rings. The highest BCUT2D eigenvalue weighted by Gasteiger charge is 2.32. The van der Waals surface area contributed by atoms with E-state index in [1.54, 1.807) is 11.0 Å². The molecule has 0 radical (unpaired) electrons. The van der Waals surface area contributed by atoms with Crippen LogP contribution in [0.5, 0.6) is 0 Å². The van der Waals surface area contributed by atoms with Gasteiger partial charge in [-0.05, 0) is 11.6 Å². The Morgan fingerprint density at radius 2 is 2.04 bits per heavy atom. The van der Waals surface area contributed by atoms with E-state index in [0.717, 1.165) is 5.56 Å².